The van der Waals surface area contributed by atoms with Crippen LogP contribution >= 0.6 is 0 Å². The highest BCUT2D eigenvalue weighted by Gasteiger charge is 2.88. The molecule has 210 valence electrons. The number of hydrogen-bond donors (Lipinski definition) is 3. The predicted octanol–water partition coefficient (Wildman–Crippen LogP) is 3.04. The summed E-state index contributed by atoms with van der Waals surface area (Å²) in [5, 5.41) is 34.7. The van der Waals surface area contributed by atoms with Crippen LogP contribution in [0.2, 0.25) is 0 Å². The summed E-state index contributed by atoms with van der Waals surface area (Å²) in [5.74, 6) is -4.91. The molecule has 0 aromatic carbocycles. The second-order valence-corrected chi connectivity index (χ2v) is 12.5. The summed E-state index contributed by atoms with van der Waals surface area (Å²) in [6, 6.07) is 0. The third-order valence-electron chi connectivity index (χ3n) is 10.2. The zero-order chi connectivity index (χ0) is 28.6. The Bertz CT molecular complexity index is 1150. The van der Waals surface area contributed by atoms with Gasteiger partial charge in [0.25, 0.3) is 0 Å². The summed E-state index contributed by atoms with van der Waals surface area (Å²) in [4.78, 5) is 39.6. The lowest BCUT2D eigenvalue weighted by atomic mass is 9.59. The van der Waals surface area contributed by atoms with Crippen LogP contribution < -0.4 is 0 Å². The Morgan fingerprint density at radius 1 is 1.24 bits per heavy atom. The molecule has 8 nitrogen and oxygen atoms in total. The third-order valence-corrected chi connectivity index (χ3v) is 10.2. The number of ketones is 1. The number of carbonyl (C=O) groups excluding carboxylic acids is 3. The molecule has 0 aromatic rings. The molecule has 3 unspecified atom stereocenters. The number of carbonyl (C=O) groups is 3. The maximum Gasteiger partial charge on any atom is 0.333 e. The highest BCUT2D eigenvalue weighted by atomic mass is 16.6. The van der Waals surface area contributed by atoms with E-state index >= 15 is 0 Å². The number of aliphatic hydroxyl groups excluding tert-OH is 1. The molecule has 0 amide bonds. The van der Waals surface area contributed by atoms with Crippen LogP contribution in [0.3, 0.4) is 0 Å². The van der Waals surface area contributed by atoms with Gasteiger partial charge < -0.3 is 24.8 Å². The molecular weight excluding hydrogens is 488 g/mol. The summed E-state index contributed by atoms with van der Waals surface area (Å²) < 4.78 is 12.4. The molecule has 3 N–H and O–H groups in total. The van der Waals surface area contributed by atoms with Crippen molar-refractivity contribution in [2.45, 2.75) is 91.1 Å². The van der Waals surface area contributed by atoms with Crippen LogP contribution in [0, 0.1) is 35.0 Å². The van der Waals surface area contributed by atoms with Gasteiger partial charge in [0.05, 0.1) is 18.1 Å². The zero-order valence-corrected chi connectivity index (χ0v) is 23.7. The van der Waals surface area contributed by atoms with Crippen LogP contribution in [0.4, 0.5) is 0 Å². The van der Waals surface area contributed by atoms with Crippen LogP contribution in [-0.4, -0.2) is 62.6 Å². The van der Waals surface area contributed by atoms with Gasteiger partial charge in [-0.05, 0) is 38.3 Å². The monoisotopic (exact) mass is 530 g/mol. The molecule has 0 heterocycles. The molecule has 0 spiro atoms. The van der Waals surface area contributed by atoms with E-state index < -0.39 is 76.3 Å². The number of esters is 2. The fourth-order valence-electron chi connectivity index (χ4n) is 7.58. The number of fused-ring (bicyclic) bond motifs is 5. The van der Waals surface area contributed by atoms with Crippen LogP contribution in [0.15, 0.2) is 34.9 Å². The van der Waals surface area contributed by atoms with Crippen molar-refractivity contribution >= 4 is 17.7 Å². The first-order valence-electron chi connectivity index (χ1n) is 13.6. The van der Waals surface area contributed by atoms with Gasteiger partial charge in [0.2, 0.25) is 0 Å². The van der Waals surface area contributed by atoms with Crippen LogP contribution in [0.1, 0.15) is 68.2 Å². The van der Waals surface area contributed by atoms with E-state index in [1.807, 2.05) is 20.8 Å². The van der Waals surface area contributed by atoms with Crippen molar-refractivity contribution in [3.63, 3.8) is 0 Å². The molecule has 0 aromatic heterocycles. The molecule has 0 radical (unpaired) electrons. The van der Waals surface area contributed by atoms with Gasteiger partial charge in [0.1, 0.15) is 11.7 Å². The molecule has 38 heavy (non-hydrogen) atoms. The number of aliphatic hydroxyl groups is 3. The molecule has 4 aliphatic carbocycles. The Morgan fingerprint density at radius 2 is 1.87 bits per heavy atom. The lowest BCUT2D eigenvalue weighted by Gasteiger charge is -2.53. The maximum atomic E-state index is 13.3. The number of Topliss-reactive ketones (excluding diaryl/α,β-unsaturated/α-hetero) is 1. The van der Waals surface area contributed by atoms with E-state index in [0.29, 0.717) is 23.1 Å². The van der Waals surface area contributed by atoms with Gasteiger partial charge in [0, 0.05) is 41.1 Å². The van der Waals surface area contributed by atoms with Crippen molar-refractivity contribution < 1.29 is 39.2 Å². The van der Waals surface area contributed by atoms with Gasteiger partial charge in [-0.15, -0.1) is 0 Å². The summed E-state index contributed by atoms with van der Waals surface area (Å²) in [6.45, 7) is 13.8. The van der Waals surface area contributed by atoms with E-state index in [2.05, 4.69) is 0 Å². The average Bonchev–Trinajstić information content (AvgIpc) is 3.30. The van der Waals surface area contributed by atoms with Crippen LogP contribution in [0.25, 0.3) is 0 Å². The largest absolute Gasteiger partial charge is 0.454 e. The van der Waals surface area contributed by atoms with Crippen molar-refractivity contribution in [3.8, 4) is 0 Å². The molecular formula is C30H42O8. The summed E-state index contributed by atoms with van der Waals surface area (Å²) in [5.41, 5.74) is -4.51. The van der Waals surface area contributed by atoms with Gasteiger partial charge in [0.15, 0.2) is 11.4 Å². The van der Waals surface area contributed by atoms with Gasteiger partial charge >= 0.3 is 11.9 Å². The van der Waals surface area contributed by atoms with Crippen molar-refractivity contribution in [3.05, 3.63) is 34.9 Å². The molecule has 0 bridgehead atoms. The number of allylic oxidation sites excluding steroid dienone is 1. The second kappa shape index (κ2) is 9.14. The van der Waals surface area contributed by atoms with Crippen molar-refractivity contribution in [2.24, 2.45) is 35.0 Å². The minimum absolute atomic E-state index is 0.124. The minimum atomic E-state index is -1.95. The van der Waals surface area contributed by atoms with E-state index in [0.717, 1.165) is 0 Å². The number of hydrogen-bond acceptors (Lipinski definition) is 8. The maximum absolute atomic E-state index is 13.3. The molecule has 4 rings (SSSR count). The van der Waals surface area contributed by atoms with Gasteiger partial charge in [-0.2, -0.15) is 0 Å². The Morgan fingerprint density at radius 3 is 2.42 bits per heavy atom. The first-order valence-corrected chi connectivity index (χ1v) is 13.6. The first kappa shape index (κ1) is 28.7. The normalized spacial score (nSPS) is 42.0. The van der Waals surface area contributed by atoms with Crippen molar-refractivity contribution in [2.75, 3.05) is 6.61 Å². The number of ether oxygens (including phenoxy) is 2. The Hall–Kier alpha value is -2.29. The lowest BCUT2D eigenvalue weighted by molar-refractivity contribution is -0.228. The fourth-order valence-corrected chi connectivity index (χ4v) is 7.58. The lowest BCUT2D eigenvalue weighted by Crippen LogP contribution is -2.66. The molecule has 8 heteroatoms. The predicted molar refractivity (Wildman–Crippen MR) is 139 cm³/mol. The van der Waals surface area contributed by atoms with E-state index in [-0.39, 0.29) is 12.3 Å². The van der Waals surface area contributed by atoms with Crippen molar-refractivity contribution in [1.82, 2.24) is 0 Å². The van der Waals surface area contributed by atoms with E-state index in [9.17, 15) is 29.7 Å². The molecule has 2 saturated carbocycles. The average molecular weight is 531 g/mol. The number of rotatable bonds is 6. The summed E-state index contributed by atoms with van der Waals surface area (Å²) >= 11 is 0. The fraction of sp³-hybridized carbons (Fsp3) is 0.700. The standard InChI is InChI=1S/C30H42O8/c1-9-15(3)25(33)37-24-18(6)29(36)20(22-27(7,8)30(22,24)38-26(34)16(4)10-2)12-19(14-31)13-28(35)21(29)11-17(5)23(28)32/h9,11-12,16,18,20-22,24,31,35-36H,10,13-14H2,1-8H3/t16?,18-,20+,21?,22?,24-,28-,29-,30-/m1/s1. The quantitative estimate of drug-likeness (QED) is 0.271. The molecule has 0 saturated heterocycles. The van der Waals surface area contributed by atoms with Gasteiger partial charge in [-0.3, -0.25) is 9.59 Å². The van der Waals surface area contributed by atoms with E-state index in [1.54, 1.807) is 52.8 Å². The molecule has 2 fully saturated rings. The van der Waals surface area contributed by atoms with Crippen molar-refractivity contribution in [1.29, 1.82) is 0 Å². The molecule has 4 aliphatic rings. The Labute approximate surface area is 224 Å². The third kappa shape index (κ3) is 3.56. The van der Waals surface area contributed by atoms with Gasteiger partial charge in [-0.1, -0.05) is 52.8 Å². The highest BCUT2D eigenvalue weighted by Crippen LogP contribution is 2.77. The SMILES string of the molecule is CC=C(C)C(=O)O[C@@H]1[C@@H](C)[C@]2(O)C3C=C(C)C(=O)[C@@]3(O)CC(CO)=C[C@H]2C2C(C)(C)[C@@]21OC(=O)C(C)CC. The topological polar surface area (TPSA) is 130 Å². The van der Waals surface area contributed by atoms with E-state index in [1.165, 1.54) is 0 Å². The van der Waals surface area contributed by atoms with E-state index in [4.69, 9.17) is 9.47 Å². The van der Waals surface area contributed by atoms with Crippen LogP contribution in [-0.2, 0) is 23.9 Å². The molecule has 0 aliphatic heterocycles. The smallest absolute Gasteiger partial charge is 0.333 e. The van der Waals surface area contributed by atoms with Gasteiger partial charge in [-0.25, -0.2) is 4.79 Å². The Kier molecular flexibility index (Phi) is 6.90. The molecule has 9 atom stereocenters. The first-order chi connectivity index (χ1) is 17.6. The second-order valence-electron chi connectivity index (χ2n) is 12.5. The highest BCUT2D eigenvalue weighted by molar-refractivity contribution is 6.04. The summed E-state index contributed by atoms with van der Waals surface area (Å²) in [6.07, 6.45) is 4.40. The minimum Gasteiger partial charge on any atom is -0.454 e. The summed E-state index contributed by atoms with van der Waals surface area (Å²) in [7, 11) is 0. The van der Waals surface area contributed by atoms with Crippen LogP contribution in [0.5, 0.6) is 0 Å². The Balaban J connectivity index is 1.95. The zero-order valence-electron chi connectivity index (χ0n) is 23.7.